The van der Waals surface area contributed by atoms with E-state index in [4.69, 9.17) is 22.1 Å². The number of ether oxygens (including phenoxy) is 1. The van der Waals surface area contributed by atoms with Gasteiger partial charge in [0.25, 0.3) is 0 Å². The highest BCUT2D eigenvalue weighted by molar-refractivity contribution is 6.31. The molecule has 7 nitrogen and oxygen atoms in total. The van der Waals surface area contributed by atoms with Crippen LogP contribution in [0.5, 0.6) is 11.6 Å². The van der Waals surface area contributed by atoms with Crippen LogP contribution in [0.2, 0.25) is 5.02 Å². The molecule has 3 aromatic rings. The maximum Gasteiger partial charge on any atom is 0.349 e. The number of fused-ring (bicyclic) bond motifs is 1. The van der Waals surface area contributed by atoms with Crippen molar-refractivity contribution in [1.29, 1.82) is 0 Å². The van der Waals surface area contributed by atoms with Crippen LogP contribution in [0.4, 0.5) is 0 Å². The number of aromatic amines is 1. The Morgan fingerprint density at radius 3 is 2.95 bits per heavy atom. The first-order valence-electron chi connectivity index (χ1n) is 6.19. The van der Waals surface area contributed by atoms with Gasteiger partial charge in [-0.1, -0.05) is 17.7 Å². The highest BCUT2D eigenvalue weighted by Gasteiger charge is 2.09. The first kappa shape index (κ1) is 13.6. The number of benzene rings is 1. The predicted molar refractivity (Wildman–Crippen MR) is 77.8 cm³/mol. The molecule has 0 atom stereocenters. The second-order valence-corrected chi connectivity index (χ2v) is 4.83. The molecule has 0 aliphatic rings. The zero-order valence-corrected chi connectivity index (χ0v) is 11.9. The molecular formula is C13H12ClN5O2. The molecule has 0 unspecified atom stereocenters. The van der Waals surface area contributed by atoms with Gasteiger partial charge in [-0.3, -0.25) is 0 Å². The highest BCUT2D eigenvalue weighted by Crippen LogP contribution is 2.26. The Labute approximate surface area is 124 Å². The number of nitrogens with two attached hydrogens (primary N) is 1. The first-order valence-corrected chi connectivity index (χ1v) is 6.57. The molecule has 0 radical (unpaired) electrons. The average Bonchev–Trinajstić information content (AvgIpc) is 2.81. The largest absolute Gasteiger partial charge is 0.439 e. The molecule has 0 aliphatic heterocycles. The molecule has 21 heavy (non-hydrogen) atoms. The fourth-order valence-corrected chi connectivity index (χ4v) is 2.25. The second-order valence-electron chi connectivity index (χ2n) is 4.42. The normalized spacial score (nSPS) is 11.0. The van der Waals surface area contributed by atoms with Crippen molar-refractivity contribution in [3.8, 4) is 11.6 Å². The number of halogens is 1. The molecule has 0 spiro atoms. The molecule has 108 valence electrons. The Kier molecular flexibility index (Phi) is 3.36. The van der Waals surface area contributed by atoms with Crippen molar-refractivity contribution in [1.82, 2.24) is 19.6 Å². The van der Waals surface area contributed by atoms with Gasteiger partial charge in [0.2, 0.25) is 5.88 Å². The fourth-order valence-electron chi connectivity index (χ4n) is 2.00. The summed E-state index contributed by atoms with van der Waals surface area (Å²) >= 11 is 6.08. The lowest BCUT2D eigenvalue weighted by molar-refractivity contribution is 0.459. The summed E-state index contributed by atoms with van der Waals surface area (Å²) in [7, 11) is 0. The Bertz CT molecular complexity index is 871. The third kappa shape index (κ3) is 2.48. The lowest BCUT2D eigenvalue weighted by atomic mass is 10.2. The summed E-state index contributed by atoms with van der Waals surface area (Å²) in [6, 6.07) is 6.78. The van der Waals surface area contributed by atoms with Crippen LogP contribution in [-0.2, 0) is 6.54 Å². The number of rotatable bonds is 3. The van der Waals surface area contributed by atoms with Crippen LogP contribution in [0.15, 0.2) is 29.1 Å². The summed E-state index contributed by atoms with van der Waals surface area (Å²) in [4.78, 5) is 15.7. The van der Waals surface area contributed by atoms with Gasteiger partial charge in [0.05, 0.1) is 0 Å². The number of H-pyrrole nitrogens is 1. The van der Waals surface area contributed by atoms with Gasteiger partial charge in [-0.15, -0.1) is 0 Å². The van der Waals surface area contributed by atoms with Gasteiger partial charge in [0, 0.05) is 17.6 Å². The van der Waals surface area contributed by atoms with Crippen LogP contribution < -0.4 is 16.2 Å². The van der Waals surface area contributed by atoms with Crippen molar-refractivity contribution >= 4 is 17.2 Å². The monoisotopic (exact) mass is 305 g/mol. The maximum absolute atomic E-state index is 11.5. The number of hydrogen-bond donors (Lipinski definition) is 2. The summed E-state index contributed by atoms with van der Waals surface area (Å²) in [5.41, 5.74) is 6.49. The number of nitrogens with one attached hydrogen (secondary N) is 1. The number of aryl methyl sites for hydroxylation is 1. The maximum atomic E-state index is 11.5. The molecule has 0 amide bonds. The van der Waals surface area contributed by atoms with Crippen LogP contribution in [0.1, 0.15) is 11.4 Å². The van der Waals surface area contributed by atoms with Crippen molar-refractivity contribution in [2.45, 2.75) is 13.5 Å². The molecule has 1 aromatic carbocycles. The number of aromatic nitrogens is 4. The SMILES string of the molecule is Cc1nc(Oc2ccc(CN)c(Cl)c2)cc2n[nH]c(=O)n12. The van der Waals surface area contributed by atoms with Gasteiger partial charge < -0.3 is 10.5 Å². The van der Waals surface area contributed by atoms with Crippen LogP contribution in [-0.4, -0.2) is 19.6 Å². The van der Waals surface area contributed by atoms with Crippen LogP contribution in [0.3, 0.4) is 0 Å². The second kappa shape index (κ2) is 5.19. The highest BCUT2D eigenvalue weighted by atomic mass is 35.5. The minimum atomic E-state index is -0.336. The third-order valence-electron chi connectivity index (χ3n) is 3.01. The van der Waals surface area contributed by atoms with Gasteiger partial charge in [-0.25, -0.2) is 14.3 Å². The van der Waals surface area contributed by atoms with E-state index in [1.807, 2.05) is 0 Å². The van der Waals surface area contributed by atoms with Crippen LogP contribution in [0.25, 0.3) is 5.65 Å². The molecule has 3 N–H and O–H groups in total. The van der Waals surface area contributed by atoms with Gasteiger partial charge >= 0.3 is 5.69 Å². The van der Waals surface area contributed by atoms with Gasteiger partial charge in [0.1, 0.15) is 11.6 Å². The van der Waals surface area contributed by atoms with E-state index in [0.717, 1.165) is 5.56 Å². The van der Waals surface area contributed by atoms with E-state index in [1.54, 1.807) is 31.2 Å². The van der Waals surface area contributed by atoms with Crippen LogP contribution >= 0.6 is 11.6 Å². The molecule has 0 bridgehead atoms. The topological polar surface area (TPSA) is 98.3 Å². The van der Waals surface area contributed by atoms with E-state index in [0.29, 0.717) is 34.7 Å². The fraction of sp³-hybridized carbons (Fsp3) is 0.154. The smallest absolute Gasteiger partial charge is 0.349 e. The number of hydrogen-bond acceptors (Lipinski definition) is 5. The van der Waals surface area contributed by atoms with Crippen molar-refractivity contribution in [2.75, 3.05) is 0 Å². The average molecular weight is 306 g/mol. The standard InChI is InChI=1S/C13H12ClN5O2/c1-7-16-12(5-11-17-18-13(20)19(7)11)21-9-3-2-8(6-15)10(14)4-9/h2-5H,6,15H2,1H3,(H,18,20). The Morgan fingerprint density at radius 1 is 1.43 bits per heavy atom. The summed E-state index contributed by atoms with van der Waals surface area (Å²) < 4.78 is 7.01. The van der Waals surface area contributed by atoms with Gasteiger partial charge in [-0.05, 0) is 24.6 Å². The molecule has 8 heteroatoms. The molecule has 0 saturated heterocycles. The molecule has 2 aromatic heterocycles. The Hall–Kier alpha value is -2.38. The Morgan fingerprint density at radius 2 is 2.24 bits per heavy atom. The summed E-state index contributed by atoms with van der Waals surface area (Å²) in [5.74, 6) is 1.34. The minimum absolute atomic E-state index is 0.329. The van der Waals surface area contributed by atoms with Crippen LogP contribution in [0, 0.1) is 6.92 Å². The Balaban J connectivity index is 1.98. The van der Waals surface area contributed by atoms with E-state index < -0.39 is 0 Å². The van der Waals surface area contributed by atoms with Gasteiger partial charge in [0.15, 0.2) is 5.65 Å². The van der Waals surface area contributed by atoms with E-state index in [2.05, 4.69) is 15.2 Å². The van der Waals surface area contributed by atoms with Crippen molar-refractivity contribution in [3.05, 3.63) is 51.2 Å². The molecular weight excluding hydrogens is 294 g/mol. The summed E-state index contributed by atoms with van der Waals surface area (Å²) in [6.07, 6.45) is 0. The predicted octanol–water partition coefficient (Wildman–Crippen LogP) is 1.63. The summed E-state index contributed by atoms with van der Waals surface area (Å²) in [5, 5.41) is 6.78. The quantitative estimate of drug-likeness (QED) is 0.766. The molecule has 0 aliphatic carbocycles. The third-order valence-corrected chi connectivity index (χ3v) is 3.37. The van der Waals surface area contributed by atoms with E-state index in [-0.39, 0.29) is 5.69 Å². The van der Waals surface area contributed by atoms with Crippen molar-refractivity contribution in [2.24, 2.45) is 5.73 Å². The molecule has 2 heterocycles. The van der Waals surface area contributed by atoms with Crippen molar-refractivity contribution in [3.63, 3.8) is 0 Å². The van der Waals surface area contributed by atoms with Crippen molar-refractivity contribution < 1.29 is 4.74 Å². The lowest BCUT2D eigenvalue weighted by Gasteiger charge is -2.08. The van der Waals surface area contributed by atoms with E-state index in [9.17, 15) is 4.79 Å². The van der Waals surface area contributed by atoms with E-state index in [1.165, 1.54) is 4.40 Å². The van der Waals surface area contributed by atoms with E-state index >= 15 is 0 Å². The minimum Gasteiger partial charge on any atom is -0.439 e. The number of nitrogens with zero attached hydrogens (tertiary/aromatic N) is 3. The first-order chi connectivity index (χ1) is 10.1. The zero-order valence-electron chi connectivity index (χ0n) is 11.1. The molecule has 3 rings (SSSR count). The lowest BCUT2D eigenvalue weighted by Crippen LogP contribution is -2.13. The molecule has 0 fully saturated rings. The molecule has 0 saturated carbocycles. The zero-order chi connectivity index (χ0) is 15.0. The van der Waals surface area contributed by atoms with Gasteiger partial charge in [-0.2, -0.15) is 10.1 Å². The summed E-state index contributed by atoms with van der Waals surface area (Å²) in [6.45, 7) is 2.06.